The Morgan fingerprint density at radius 3 is 2.72 bits per heavy atom. The molecule has 1 aromatic rings. The van der Waals surface area contributed by atoms with Crippen LogP contribution in [-0.2, 0) is 4.74 Å². The Bertz CT molecular complexity index is 369. The Balaban J connectivity index is 2.91. The summed E-state index contributed by atoms with van der Waals surface area (Å²) >= 11 is 0. The molecule has 18 heavy (non-hydrogen) atoms. The van der Waals surface area contributed by atoms with Gasteiger partial charge >= 0.3 is 0 Å². The summed E-state index contributed by atoms with van der Waals surface area (Å²) in [5.41, 5.74) is 5.71. The van der Waals surface area contributed by atoms with Gasteiger partial charge in [0.25, 0.3) is 0 Å². The lowest BCUT2D eigenvalue weighted by Crippen LogP contribution is -2.32. The molecule has 1 heterocycles. The second-order valence-electron chi connectivity index (χ2n) is 4.55. The average Bonchev–Trinajstić information content (AvgIpc) is 2.33. The van der Waals surface area contributed by atoms with Crippen LogP contribution in [0.2, 0.25) is 0 Å². The van der Waals surface area contributed by atoms with Crippen LogP contribution in [0.3, 0.4) is 0 Å². The maximum atomic E-state index is 5.71. The Hall–Kier alpha value is -1.56. The van der Waals surface area contributed by atoms with Crippen LogP contribution < -0.4 is 16.0 Å². The minimum absolute atomic E-state index is 0.281. The predicted molar refractivity (Wildman–Crippen MR) is 74.9 cm³/mol. The molecule has 102 valence electrons. The van der Waals surface area contributed by atoms with E-state index in [-0.39, 0.29) is 5.95 Å². The third kappa shape index (κ3) is 4.37. The Morgan fingerprint density at radius 1 is 1.44 bits per heavy atom. The fourth-order valence-corrected chi connectivity index (χ4v) is 1.68. The molecule has 0 saturated carbocycles. The molecule has 0 aliphatic heterocycles. The minimum atomic E-state index is 0.281. The molecule has 0 spiro atoms. The highest BCUT2D eigenvalue weighted by Gasteiger charge is 2.12. The zero-order valence-corrected chi connectivity index (χ0v) is 11.6. The zero-order valence-electron chi connectivity index (χ0n) is 11.6. The second-order valence-corrected chi connectivity index (χ2v) is 4.55. The molecule has 0 amide bonds. The second kappa shape index (κ2) is 7.00. The van der Waals surface area contributed by atoms with Crippen molar-refractivity contribution in [3.63, 3.8) is 0 Å². The number of nitrogens with zero attached hydrogens (tertiary/aromatic N) is 3. The van der Waals surface area contributed by atoms with Crippen molar-refractivity contribution in [2.24, 2.45) is 5.92 Å². The molecule has 0 unspecified atom stereocenters. The van der Waals surface area contributed by atoms with Gasteiger partial charge in [-0.15, -0.1) is 0 Å². The van der Waals surface area contributed by atoms with Crippen molar-refractivity contribution < 1.29 is 4.74 Å². The quantitative estimate of drug-likeness (QED) is 0.760. The molecule has 0 saturated heterocycles. The van der Waals surface area contributed by atoms with E-state index in [1.165, 1.54) is 0 Å². The first-order chi connectivity index (χ1) is 8.56. The Labute approximate surface area is 109 Å². The van der Waals surface area contributed by atoms with Crippen molar-refractivity contribution in [3.05, 3.63) is 6.07 Å². The van der Waals surface area contributed by atoms with Crippen molar-refractivity contribution in [1.29, 1.82) is 0 Å². The van der Waals surface area contributed by atoms with Gasteiger partial charge < -0.3 is 20.7 Å². The fourth-order valence-electron chi connectivity index (χ4n) is 1.68. The molecule has 3 N–H and O–H groups in total. The van der Waals surface area contributed by atoms with E-state index >= 15 is 0 Å². The van der Waals surface area contributed by atoms with Crippen molar-refractivity contribution in [3.8, 4) is 0 Å². The molecule has 1 aromatic heterocycles. The van der Waals surface area contributed by atoms with Gasteiger partial charge in [0.15, 0.2) is 0 Å². The summed E-state index contributed by atoms with van der Waals surface area (Å²) in [6.45, 7) is 6.69. The number of aromatic nitrogens is 2. The molecule has 0 radical (unpaired) electrons. The van der Waals surface area contributed by atoms with Gasteiger partial charge in [-0.05, 0) is 5.92 Å². The largest absolute Gasteiger partial charge is 0.383 e. The molecular formula is C12H23N5O. The lowest BCUT2D eigenvalue weighted by atomic mass is 10.2. The Morgan fingerprint density at radius 2 is 2.17 bits per heavy atom. The SMILES string of the molecule is CNc1cc(N(CCOC)CC(C)C)nc(N)n1. The first-order valence-corrected chi connectivity index (χ1v) is 6.13. The van der Waals surface area contributed by atoms with E-state index in [1.807, 2.05) is 13.1 Å². The summed E-state index contributed by atoms with van der Waals surface area (Å²) in [5.74, 6) is 2.38. The number of anilines is 3. The number of hydrogen-bond acceptors (Lipinski definition) is 6. The summed E-state index contributed by atoms with van der Waals surface area (Å²) in [6, 6.07) is 1.90. The van der Waals surface area contributed by atoms with Crippen LogP contribution in [0.15, 0.2) is 6.07 Å². The minimum Gasteiger partial charge on any atom is -0.383 e. The van der Waals surface area contributed by atoms with E-state index in [4.69, 9.17) is 10.5 Å². The standard InChI is InChI=1S/C12H23N5O/c1-9(2)8-17(5-6-18-4)11-7-10(14-3)15-12(13)16-11/h7,9H,5-6,8H2,1-4H3,(H3,13,14,15,16). The molecule has 6 nitrogen and oxygen atoms in total. The summed E-state index contributed by atoms with van der Waals surface area (Å²) < 4.78 is 5.13. The molecule has 0 aliphatic rings. The van der Waals surface area contributed by atoms with Crippen molar-refractivity contribution in [2.45, 2.75) is 13.8 Å². The molecule has 0 fully saturated rings. The van der Waals surface area contributed by atoms with E-state index in [2.05, 4.69) is 34.0 Å². The fraction of sp³-hybridized carbons (Fsp3) is 0.667. The van der Waals surface area contributed by atoms with Gasteiger partial charge in [-0.25, -0.2) is 0 Å². The topological polar surface area (TPSA) is 76.3 Å². The molecule has 1 rings (SSSR count). The van der Waals surface area contributed by atoms with Crippen LogP contribution in [0.5, 0.6) is 0 Å². The van der Waals surface area contributed by atoms with Gasteiger partial charge in [-0.1, -0.05) is 13.8 Å². The lowest BCUT2D eigenvalue weighted by Gasteiger charge is -2.25. The van der Waals surface area contributed by atoms with Gasteiger partial charge in [-0.3, -0.25) is 0 Å². The third-order valence-corrected chi connectivity index (χ3v) is 2.46. The van der Waals surface area contributed by atoms with Crippen LogP contribution in [0.25, 0.3) is 0 Å². The van der Waals surface area contributed by atoms with Crippen molar-refractivity contribution in [1.82, 2.24) is 9.97 Å². The first kappa shape index (κ1) is 14.5. The molecule has 0 aliphatic carbocycles. The van der Waals surface area contributed by atoms with Crippen molar-refractivity contribution in [2.75, 3.05) is 49.8 Å². The summed E-state index contributed by atoms with van der Waals surface area (Å²) in [7, 11) is 3.51. The van der Waals surface area contributed by atoms with Crippen LogP contribution >= 0.6 is 0 Å². The monoisotopic (exact) mass is 253 g/mol. The lowest BCUT2D eigenvalue weighted by molar-refractivity contribution is 0.204. The smallest absolute Gasteiger partial charge is 0.223 e. The van der Waals surface area contributed by atoms with E-state index in [0.29, 0.717) is 12.5 Å². The highest BCUT2D eigenvalue weighted by atomic mass is 16.5. The number of ether oxygens (including phenoxy) is 1. The molecule has 0 atom stereocenters. The van der Waals surface area contributed by atoms with E-state index in [0.717, 1.165) is 24.7 Å². The van der Waals surface area contributed by atoms with Crippen molar-refractivity contribution >= 4 is 17.6 Å². The molecule has 0 aromatic carbocycles. The highest BCUT2D eigenvalue weighted by molar-refractivity contribution is 5.52. The van der Waals surface area contributed by atoms with E-state index in [9.17, 15) is 0 Å². The van der Waals surface area contributed by atoms with Crippen LogP contribution in [0, 0.1) is 5.92 Å². The van der Waals surface area contributed by atoms with Gasteiger partial charge in [0.05, 0.1) is 6.61 Å². The summed E-state index contributed by atoms with van der Waals surface area (Å²) in [6.07, 6.45) is 0. The van der Waals surface area contributed by atoms with Gasteiger partial charge in [0, 0.05) is 33.3 Å². The van der Waals surface area contributed by atoms with Gasteiger partial charge in [-0.2, -0.15) is 9.97 Å². The maximum Gasteiger partial charge on any atom is 0.223 e. The molecule has 0 bridgehead atoms. The average molecular weight is 253 g/mol. The molecular weight excluding hydrogens is 230 g/mol. The van der Waals surface area contributed by atoms with Crippen LogP contribution in [-0.4, -0.2) is 43.8 Å². The molecule has 6 heteroatoms. The number of hydrogen-bond donors (Lipinski definition) is 2. The van der Waals surface area contributed by atoms with Crippen LogP contribution in [0.4, 0.5) is 17.6 Å². The van der Waals surface area contributed by atoms with Gasteiger partial charge in [0.2, 0.25) is 5.95 Å². The number of nitrogens with one attached hydrogen (secondary N) is 1. The maximum absolute atomic E-state index is 5.71. The summed E-state index contributed by atoms with van der Waals surface area (Å²) in [4.78, 5) is 10.5. The normalized spacial score (nSPS) is 10.7. The predicted octanol–water partition coefficient (Wildman–Crippen LogP) is 1.21. The number of nitrogen functional groups attached to an aromatic ring is 1. The zero-order chi connectivity index (χ0) is 13.5. The summed E-state index contributed by atoms with van der Waals surface area (Å²) in [5, 5.41) is 2.98. The first-order valence-electron chi connectivity index (χ1n) is 6.13. The van der Waals surface area contributed by atoms with Gasteiger partial charge in [0.1, 0.15) is 11.6 Å². The van der Waals surface area contributed by atoms with E-state index in [1.54, 1.807) is 7.11 Å². The third-order valence-electron chi connectivity index (χ3n) is 2.46. The Kier molecular flexibility index (Phi) is 5.64. The number of nitrogens with two attached hydrogens (primary N) is 1. The van der Waals surface area contributed by atoms with E-state index < -0.39 is 0 Å². The van der Waals surface area contributed by atoms with Crippen LogP contribution in [0.1, 0.15) is 13.8 Å². The number of methoxy groups -OCH3 is 1. The number of rotatable bonds is 7. The highest BCUT2D eigenvalue weighted by Crippen LogP contribution is 2.17.